The molecule has 0 atom stereocenters. The van der Waals surface area contributed by atoms with E-state index in [-0.39, 0.29) is 25.8 Å². The van der Waals surface area contributed by atoms with E-state index < -0.39 is 0 Å². The van der Waals surface area contributed by atoms with Crippen molar-refractivity contribution in [1.82, 2.24) is 0 Å². The molecule has 0 aliphatic rings. The Bertz CT molecular complexity index is 56.5. The molecular formula is C9H22O2Sc. The first kappa shape index (κ1) is 18.5. The zero-order chi connectivity index (χ0) is 9.11. The number of unbranched alkanes of at least 4 members (excludes halogenated alkanes) is 1. The van der Waals surface area contributed by atoms with Gasteiger partial charge in [-0.1, -0.05) is 27.2 Å². The van der Waals surface area contributed by atoms with Crippen molar-refractivity contribution >= 4 is 0 Å². The van der Waals surface area contributed by atoms with Gasteiger partial charge in [-0.3, -0.25) is 0 Å². The minimum absolute atomic E-state index is 0. The summed E-state index contributed by atoms with van der Waals surface area (Å²) in [5.41, 5.74) is 0. The molecule has 0 aromatic heterocycles. The molecular weight excluding hydrogens is 185 g/mol. The monoisotopic (exact) mass is 207 g/mol. The molecule has 0 aliphatic heterocycles. The maximum Gasteiger partial charge on any atom is 0.0433 e. The zero-order valence-electron chi connectivity index (χ0n) is 8.58. The fourth-order valence-corrected chi connectivity index (χ4v) is 0.416. The molecule has 0 bridgehead atoms. The molecule has 0 aromatic rings. The quantitative estimate of drug-likeness (QED) is 0.738. The van der Waals surface area contributed by atoms with Gasteiger partial charge in [0, 0.05) is 39.1 Å². The first-order valence-corrected chi connectivity index (χ1v) is 4.40. The smallest absolute Gasteiger partial charge is 0.0433 e. The molecule has 0 aromatic carbocycles. The molecule has 0 saturated carbocycles. The largest absolute Gasteiger partial charge is 0.396 e. The fraction of sp³-hybridized carbons (Fsp3) is 1.00. The van der Waals surface area contributed by atoms with Crippen molar-refractivity contribution in [2.75, 3.05) is 13.2 Å². The first-order chi connectivity index (χ1) is 5.18. The zero-order valence-corrected chi connectivity index (χ0v) is 10.4. The van der Waals surface area contributed by atoms with Gasteiger partial charge in [-0.25, -0.2) is 0 Å². The third-order valence-electron chi connectivity index (χ3n) is 1.22. The van der Waals surface area contributed by atoms with E-state index in [1.807, 2.05) is 0 Å². The first-order valence-electron chi connectivity index (χ1n) is 4.40. The summed E-state index contributed by atoms with van der Waals surface area (Å²) < 4.78 is 0. The summed E-state index contributed by atoms with van der Waals surface area (Å²) in [5, 5.41) is 16.3. The van der Waals surface area contributed by atoms with E-state index in [1.165, 1.54) is 0 Å². The van der Waals surface area contributed by atoms with Gasteiger partial charge >= 0.3 is 0 Å². The molecule has 3 heteroatoms. The van der Waals surface area contributed by atoms with Crippen LogP contribution >= 0.6 is 0 Å². The van der Waals surface area contributed by atoms with Crippen molar-refractivity contribution < 1.29 is 36.1 Å². The second-order valence-electron chi connectivity index (χ2n) is 2.98. The summed E-state index contributed by atoms with van der Waals surface area (Å²) in [6.45, 7) is 6.91. The number of hydrogen-bond donors (Lipinski definition) is 2. The van der Waals surface area contributed by atoms with Crippen LogP contribution in [0, 0.1) is 5.92 Å². The molecule has 0 aliphatic carbocycles. The molecule has 1 radical (unpaired) electrons. The summed E-state index contributed by atoms with van der Waals surface area (Å²) in [7, 11) is 0. The molecule has 0 saturated heterocycles. The van der Waals surface area contributed by atoms with Gasteiger partial charge in [0.25, 0.3) is 0 Å². The molecule has 0 unspecified atom stereocenters. The number of hydrogen-bond acceptors (Lipinski definition) is 2. The maximum absolute atomic E-state index is 8.24. The normalized spacial score (nSPS) is 8.50. The maximum atomic E-state index is 8.24. The Hall–Kier alpha value is 0.790. The summed E-state index contributed by atoms with van der Waals surface area (Å²) >= 11 is 0. The Morgan fingerprint density at radius 2 is 1.58 bits per heavy atom. The number of aliphatic hydroxyl groups is 2. The Morgan fingerprint density at radius 3 is 1.58 bits per heavy atom. The Morgan fingerprint density at radius 1 is 1.08 bits per heavy atom. The third kappa shape index (κ3) is 30.8. The van der Waals surface area contributed by atoms with Gasteiger partial charge < -0.3 is 10.2 Å². The van der Waals surface area contributed by atoms with Crippen molar-refractivity contribution in [3.05, 3.63) is 0 Å². The fourth-order valence-electron chi connectivity index (χ4n) is 0.416. The third-order valence-corrected chi connectivity index (χ3v) is 1.22. The molecule has 0 fully saturated rings. The Balaban J connectivity index is -0.000000126. The van der Waals surface area contributed by atoms with E-state index in [0.29, 0.717) is 19.1 Å². The van der Waals surface area contributed by atoms with E-state index >= 15 is 0 Å². The van der Waals surface area contributed by atoms with E-state index in [2.05, 4.69) is 20.8 Å². The number of aliphatic hydroxyl groups excluding tert-OH is 2. The van der Waals surface area contributed by atoms with Crippen LogP contribution in [0.5, 0.6) is 0 Å². The summed E-state index contributed by atoms with van der Waals surface area (Å²) in [6, 6.07) is 0. The van der Waals surface area contributed by atoms with E-state index in [1.54, 1.807) is 0 Å². The van der Waals surface area contributed by atoms with Crippen molar-refractivity contribution in [3.63, 3.8) is 0 Å². The van der Waals surface area contributed by atoms with E-state index in [4.69, 9.17) is 10.2 Å². The van der Waals surface area contributed by atoms with E-state index in [0.717, 1.165) is 19.3 Å². The van der Waals surface area contributed by atoms with Crippen LogP contribution in [0.2, 0.25) is 0 Å². The predicted octanol–water partition coefficient (Wildman–Crippen LogP) is 1.80. The van der Waals surface area contributed by atoms with Crippen LogP contribution in [0.1, 0.15) is 40.0 Å². The topological polar surface area (TPSA) is 40.5 Å². The van der Waals surface area contributed by atoms with Crippen LogP contribution in [0.15, 0.2) is 0 Å². The average molecular weight is 207 g/mol. The van der Waals surface area contributed by atoms with Crippen LogP contribution in [0.3, 0.4) is 0 Å². The SMILES string of the molecule is CC(C)CCO.CCCCO.[Sc]. The second-order valence-corrected chi connectivity index (χ2v) is 2.98. The van der Waals surface area contributed by atoms with Crippen molar-refractivity contribution in [2.45, 2.75) is 40.0 Å². The summed E-state index contributed by atoms with van der Waals surface area (Å²) in [6.07, 6.45) is 2.97. The molecule has 12 heavy (non-hydrogen) atoms. The van der Waals surface area contributed by atoms with E-state index in [9.17, 15) is 0 Å². The van der Waals surface area contributed by atoms with Gasteiger partial charge in [-0.15, -0.1) is 0 Å². The van der Waals surface area contributed by atoms with Crippen LogP contribution in [-0.2, 0) is 25.8 Å². The van der Waals surface area contributed by atoms with Crippen molar-refractivity contribution in [3.8, 4) is 0 Å². The van der Waals surface area contributed by atoms with Crippen LogP contribution in [0.4, 0.5) is 0 Å². The van der Waals surface area contributed by atoms with Gasteiger partial charge in [0.05, 0.1) is 0 Å². The Kier molecular flexibility index (Phi) is 27.5. The predicted molar refractivity (Wildman–Crippen MR) is 48.5 cm³/mol. The molecule has 0 rings (SSSR count). The van der Waals surface area contributed by atoms with Crippen molar-refractivity contribution in [2.24, 2.45) is 5.92 Å². The minimum Gasteiger partial charge on any atom is -0.396 e. The number of rotatable bonds is 4. The van der Waals surface area contributed by atoms with Gasteiger partial charge in [-0.05, 0) is 18.8 Å². The summed E-state index contributed by atoms with van der Waals surface area (Å²) in [5.74, 6) is 0.648. The van der Waals surface area contributed by atoms with Gasteiger partial charge in [-0.2, -0.15) is 0 Å². The molecule has 0 amide bonds. The standard InChI is InChI=1S/C5H12O.C4H10O.Sc/c1-5(2)3-4-6;1-2-3-4-5;/h5-6H,3-4H2,1-2H3;5H,2-4H2,1H3;. The van der Waals surface area contributed by atoms with Gasteiger partial charge in [0.15, 0.2) is 0 Å². The molecule has 2 N–H and O–H groups in total. The van der Waals surface area contributed by atoms with Crippen molar-refractivity contribution in [1.29, 1.82) is 0 Å². The van der Waals surface area contributed by atoms with Crippen LogP contribution in [0.25, 0.3) is 0 Å². The molecule has 2 nitrogen and oxygen atoms in total. The molecule has 73 valence electrons. The van der Waals surface area contributed by atoms with Gasteiger partial charge in [0.1, 0.15) is 0 Å². The minimum atomic E-state index is 0. The average Bonchev–Trinajstić information content (AvgIpc) is 1.90. The summed E-state index contributed by atoms with van der Waals surface area (Å²) in [4.78, 5) is 0. The van der Waals surface area contributed by atoms with Crippen LogP contribution < -0.4 is 0 Å². The second kappa shape index (κ2) is 17.8. The molecule has 0 spiro atoms. The molecule has 0 heterocycles. The van der Waals surface area contributed by atoms with Crippen LogP contribution in [-0.4, -0.2) is 23.4 Å². The Labute approximate surface area is 95.2 Å². The van der Waals surface area contributed by atoms with Gasteiger partial charge in [0.2, 0.25) is 0 Å².